The summed E-state index contributed by atoms with van der Waals surface area (Å²) in [5.74, 6) is -1.20. The quantitative estimate of drug-likeness (QED) is 0.694. The van der Waals surface area contributed by atoms with E-state index >= 15 is 0 Å². The fourth-order valence-corrected chi connectivity index (χ4v) is 2.99. The van der Waals surface area contributed by atoms with Crippen LogP contribution in [0.25, 0.3) is 18.2 Å². The third-order valence-electron chi connectivity index (χ3n) is 4.05. The highest BCUT2D eigenvalue weighted by Gasteiger charge is 2.48. The van der Waals surface area contributed by atoms with Gasteiger partial charge in [0, 0.05) is 5.56 Å². The molecule has 0 amide bonds. The van der Waals surface area contributed by atoms with E-state index in [1.54, 1.807) is 31.4 Å². The Labute approximate surface area is 163 Å². The molecule has 2 aromatic rings. The van der Waals surface area contributed by atoms with Gasteiger partial charge in [0.25, 0.3) is 0 Å². The molecule has 1 heterocycles. The molecule has 3 rings (SSSR count). The lowest BCUT2D eigenvalue weighted by atomic mass is 9.99. The summed E-state index contributed by atoms with van der Waals surface area (Å²) in [7, 11) is 1.56. The SMILES string of the molecule is COc1ccc(/C=C/c2cc(Cl)c3c(c2)C=C(C(=O)O)C(C(F)(F)F)O3)cc1. The Bertz CT molecular complexity index is 963. The van der Waals surface area contributed by atoms with Crippen LogP contribution in [-0.4, -0.2) is 30.5 Å². The number of carboxylic acid groups (broad SMARTS) is 1. The number of benzene rings is 2. The lowest BCUT2D eigenvalue weighted by Crippen LogP contribution is -2.40. The molecule has 0 aliphatic carbocycles. The Balaban J connectivity index is 1.96. The molecule has 1 N–H and O–H groups in total. The third kappa shape index (κ3) is 4.14. The molecule has 0 aromatic heterocycles. The first kappa shape index (κ1) is 19.8. The largest absolute Gasteiger partial charge is 0.497 e. The summed E-state index contributed by atoms with van der Waals surface area (Å²) in [5.41, 5.74) is 0.714. The Morgan fingerprint density at radius 3 is 2.39 bits per heavy atom. The van der Waals surface area contributed by atoms with Crippen LogP contribution in [0.3, 0.4) is 0 Å². The number of carbonyl (C=O) groups is 1. The van der Waals surface area contributed by atoms with Crippen molar-refractivity contribution in [2.45, 2.75) is 12.3 Å². The minimum absolute atomic E-state index is 0.0400. The first-order valence-electron chi connectivity index (χ1n) is 8.03. The van der Waals surface area contributed by atoms with Crippen molar-refractivity contribution in [2.24, 2.45) is 0 Å². The van der Waals surface area contributed by atoms with Crippen LogP contribution in [0.15, 0.2) is 42.0 Å². The molecule has 2 aromatic carbocycles. The molecular formula is C20H14ClF3O4. The van der Waals surface area contributed by atoms with E-state index in [0.717, 1.165) is 11.6 Å². The molecule has 0 fully saturated rings. The maximum Gasteiger partial charge on any atom is 0.430 e. The van der Waals surface area contributed by atoms with Crippen LogP contribution in [0.1, 0.15) is 16.7 Å². The van der Waals surface area contributed by atoms with Crippen molar-refractivity contribution in [1.29, 1.82) is 0 Å². The Morgan fingerprint density at radius 1 is 1.18 bits per heavy atom. The van der Waals surface area contributed by atoms with Crippen LogP contribution in [0, 0.1) is 0 Å². The van der Waals surface area contributed by atoms with Crippen molar-refractivity contribution in [3.05, 3.63) is 63.7 Å². The van der Waals surface area contributed by atoms with Crippen molar-refractivity contribution < 1.29 is 32.5 Å². The highest BCUT2D eigenvalue weighted by atomic mass is 35.5. The Kier molecular flexibility index (Phi) is 5.38. The molecule has 1 unspecified atom stereocenters. The second-order valence-corrected chi connectivity index (χ2v) is 6.38. The van der Waals surface area contributed by atoms with Crippen LogP contribution in [-0.2, 0) is 4.79 Å². The van der Waals surface area contributed by atoms with Gasteiger partial charge in [-0.25, -0.2) is 4.79 Å². The van der Waals surface area contributed by atoms with Crippen LogP contribution >= 0.6 is 11.6 Å². The van der Waals surface area contributed by atoms with E-state index in [2.05, 4.69) is 0 Å². The van der Waals surface area contributed by atoms with Crippen LogP contribution in [0.4, 0.5) is 13.2 Å². The normalized spacial score (nSPS) is 16.3. The van der Waals surface area contributed by atoms with Gasteiger partial charge < -0.3 is 14.6 Å². The Hall–Kier alpha value is -2.93. The molecule has 0 saturated carbocycles. The maximum absolute atomic E-state index is 13.1. The molecule has 4 nitrogen and oxygen atoms in total. The smallest absolute Gasteiger partial charge is 0.430 e. The molecule has 8 heteroatoms. The first-order valence-corrected chi connectivity index (χ1v) is 8.41. The molecule has 0 bridgehead atoms. The van der Waals surface area contributed by atoms with Gasteiger partial charge in [-0.05, 0) is 41.5 Å². The summed E-state index contributed by atoms with van der Waals surface area (Å²) < 4.78 is 49.4. The van der Waals surface area contributed by atoms with Gasteiger partial charge in [-0.15, -0.1) is 0 Å². The molecule has 146 valence electrons. The number of ether oxygens (including phenoxy) is 2. The van der Waals surface area contributed by atoms with Crippen LogP contribution in [0.5, 0.6) is 11.5 Å². The monoisotopic (exact) mass is 410 g/mol. The second kappa shape index (κ2) is 7.59. The number of alkyl halides is 3. The van der Waals surface area contributed by atoms with Gasteiger partial charge in [-0.1, -0.05) is 35.9 Å². The topological polar surface area (TPSA) is 55.8 Å². The predicted octanol–water partition coefficient (Wildman–Crippen LogP) is 5.31. The first-order chi connectivity index (χ1) is 13.2. The minimum Gasteiger partial charge on any atom is -0.497 e. The van der Waals surface area contributed by atoms with Gasteiger partial charge in [0.1, 0.15) is 11.5 Å². The summed E-state index contributed by atoms with van der Waals surface area (Å²) in [6.45, 7) is 0. The van der Waals surface area contributed by atoms with Crippen molar-refractivity contribution in [3.8, 4) is 11.5 Å². The molecule has 0 spiro atoms. The summed E-state index contributed by atoms with van der Waals surface area (Å²) in [4.78, 5) is 11.2. The standard InChI is InChI=1S/C20H14ClF3O4/c1-27-14-6-4-11(5-7-14)2-3-12-8-13-10-15(19(25)26)18(20(22,23)24)28-17(13)16(21)9-12/h2-10,18H,1H3,(H,25,26)/b3-2+. The highest BCUT2D eigenvalue weighted by Crippen LogP contribution is 2.41. The number of hydrogen-bond donors (Lipinski definition) is 1. The number of carboxylic acids is 1. The van der Waals surface area contributed by atoms with Crippen molar-refractivity contribution >= 4 is 35.8 Å². The number of methoxy groups -OCH3 is 1. The van der Waals surface area contributed by atoms with E-state index in [4.69, 9.17) is 26.2 Å². The molecule has 1 aliphatic rings. The van der Waals surface area contributed by atoms with Gasteiger partial charge in [0.05, 0.1) is 17.7 Å². The fraction of sp³-hybridized carbons (Fsp3) is 0.150. The number of fused-ring (bicyclic) bond motifs is 1. The van der Waals surface area contributed by atoms with E-state index < -0.39 is 23.8 Å². The highest BCUT2D eigenvalue weighted by molar-refractivity contribution is 6.32. The zero-order valence-corrected chi connectivity index (χ0v) is 15.2. The summed E-state index contributed by atoms with van der Waals surface area (Å²) in [6.07, 6.45) is -3.02. The van der Waals surface area contributed by atoms with E-state index in [1.807, 2.05) is 12.1 Å². The number of halogens is 4. The zero-order chi connectivity index (χ0) is 20.5. The van der Waals surface area contributed by atoms with Crippen LogP contribution in [0.2, 0.25) is 5.02 Å². The van der Waals surface area contributed by atoms with Gasteiger partial charge in [0.15, 0.2) is 0 Å². The number of hydrogen-bond acceptors (Lipinski definition) is 3. The predicted molar refractivity (Wildman–Crippen MR) is 99.5 cm³/mol. The van der Waals surface area contributed by atoms with E-state index in [9.17, 15) is 18.0 Å². The molecule has 1 aliphatic heterocycles. The average molecular weight is 411 g/mol. The molecule has 1 atom stereocenters. The third-order valence-corrected chi connectivity index (χ3v) is 4.33. The number of rotatable bonds is 4. The molecule has 0 saturated heterocycles. The minimum atomic E-state index is -4.88. The average Bonchev–Trinajstić information content (AvgIpc) is 2.65. The molecular weight excluding hydrogens is 397 g/mol. The van der Waals surface area contributed by atoms with Crippen molar-refractivity contribution in [1.82, 2.24) is 0 Å². The molecule has 28 heavy (non-hydrogen) atoms. The second-order valence-electron chi connectivity index (χ2n) is 5.97. The molecule has 0 radical (unpaired) electrons. The summed E-state index contributed by atoms with van der Waals surface area (Å²) in [5, 5.41) is 9.09. The van der Waals surface area contributed by atoms with Gasteiger partial charge in [-0.3, -0.25) is 0 Å². The zero-order valence-electron chi connectivity index (χ0n) is 14.5. The van der Waals surface area contributed by atoms with Crippen molar-refractivity contribution in [3.63, 3.8) is 0 Å². The van der Waals surface area contributed by atoms with E-state index in [0.29, 0.717) is 11.3 Å². The van der Waals surface area contributed by atoms with Gasteiger partial charge in [0.2, 0.25) is 6.10 Å². The maximum atomic E-state index is 13.1. The summed E-state index contributed by atoms with van der Waals surface area (Å²) >= 11 is 6.09. The van der Waals surface area contributed by atoms with Crippen molar-refractivity contribution in [2.75, 3.05) is 7.11 Å². The lowest BCUT2D eigenvalue weighted by molar-refractivity contribution is -0.187. The lowest BCUT2D eigenvalue weighted by Gasteiger charge is -2.27. The fourth-order valence-electron chi connectivity index (χ4n) is 2.71. The van der Waals surface area contributed by atoms with E-state index in [-0.39, 0.29) is 16.3 Å². The summed E-state index contributed by atoms with van der Waals surface area (Å²) in [6, 6.07) is 10.2. The van der Waals surface area contributed by atoms with Crippen LogP contribution < -0.4 is 9.47 Å². The van der Waals surface area contributed by atoms with Gasteiger partial charge in [-0.2, -0.15) is 13.2 Å². The van der Waals surface area contributed by atoms with Gasteiger partial charge >= 0.3 is 12.1 Å². The Morgan fingerprint density at radius 2 is 1.82 bits per heavy atom. The van der Waals surface area contributed by atoms with E-state index in [1.165, 1.54) is 12.1 Å². The number of aliphatic carboxylic acids is 1.